The Balaban J connectivity index is 1.89. The summed E-state index contributed by atoms with van der Waals surface area (Å²) in [5.41, 5.74) is 9.21. The van der Waals surface area contributed by atoms with Crippen LogP contribution in [0.5, 0.6) is 0 Å². The summed E-state index contributed by atoms with van der Waals surface area (Å²) in [7, 11) is 0. The van der Waals surface area contributed by atoms with Crippen molar-refractivity contribution in [2.24, 2.45) is 0 Å². The van der Waals surface area contributed by atoms with E-state index in [-0.39, 0.29) is 11.9 Å². The van der Waals surface area contributed by atoms with E-state index >= 15 is 0 Å². The van der Waals surface area contributed by atoms with Crippen LogP contribution in [0.1, 0.15) is 64.9 Å². The number of benzene rings is 3. The number of fused-ring (bicyclic) bond motifs is 2. The first-order valence-electron chi connectivity index (χ1n) is 11.2. The monoisotopic (exact) mass is 415 g/mol. The number of nitrogens with two attached hydrogens (primary N) is 1. The minimum atomic E-state index is -0.257. The highest BCUT2D eigenvalue weighted by Crippen LogP contribution is 2.43. The number of anilines is 1. The van der Waals surface area contributed by atoms with Crippen molar-refractivity contribution in [2.45, 2.75) is 33.1 Å². The van der Waals surface area contributed by atoms with Crippen molar-refractivity contribution >= 4 is 17.3 Å². The smallest absolute Gasteiger partial charge is 0.338 e. The number of carbonyl (C=O) groups is 1. The van der Waals surface area contributed by atoms with Gasteiger partial charge in [0.15, 0.2) is 0 Å². The molecule has 0 fully saturated rings. The lowest BCUT2D eigenvalue weighted by Gasteiger charge is -2.30. The van der Waals surface area contributed by atoms with Gasteiger partial charge >= 0.3 is 5.97 Å². The summed E-state index contributed by atoms with van der Waals surface area (Å²) in [6, 6.07) is 21.2. The number of nitrogens with one attached hydrogen (secondary N) is 1. The first kappa shape index (κ1) is 21.1. The zero-order chi connectivity index (χ0) is 21.8. The maximum atomic E-state index is 12.8. The minimum absolute atomic E-state index is 0.00529. The Morgan fingerprint density at radius 1 is 0.968 bits per heavy atom. The summed E-state index contributed by atoms with van der Waals surface area (Å²) < 4.78 is 5.38. The summed E-state index contributed by atoms with van der Waals surface area (Å²) in [5.74, 6) is -0.252. The molecule has 3 aromatic carbocycles. The first-order chi connectivity index (χ1) is 15.2. The average molecular weight is 416 g/mol. The second-order valence-corrected chi connectivity index (χ2v) is 7.93. The maximum absolute atomic E-state index is 12.8. The van der Waals surface area contributed by atoms with Crippen LogP contribution in [-0.4, -0.2) is 25.7 Å². The molecule has 4 nitrogen and oxygen atoms in total. The van der Waals surface area contributed by atoms with E-state index in [9.17, 15) is 4.79 Å². The molecule has 160 valence electrons. The molecular weight excluding hydrogens is 384 g/mol. The number of carbonyl (C=O) groups excluding carboxylic acids is 1. The van der Waals surface area contributed by atoms with Gasteiger partial charge in [-0.1, -0.05) is 30.3 Å². The predicted octanol–water partition coefficient (Wildman–Crippen LogP) is 4.59. The van der Waals surface area contributed by atoms with Crippen molar-refractivity contribution in [1.82, 2.24) is 0 Å². The van der Waals surface area contributed by atoms with Crippen molar-refractivity contribution in [1.29, 1.82) is 0 Å². The summed E-state index contributed by atoms with van der Waals surface area (Å²) in [5, 5.41) is 5.69. The number of rotatable bonds is 7. The number of hydrogen-bond acceptors (Lipinski definition) is 3. The Bertz CT molecular complexity index is 1030. The van der Waals surface area contributed by atoms with Gasteiger partial charge in [-0.15, -0.1) is 0 Å². The maximum Gasteiger partial charge on any atom is 0.338 e. The van der Waals surface area contributed by atoms with E-state index in [1.165, 1.54) is 27.9 Å². The SMILES string of the molecule is CCNc1ccc2c(c1)Cc1cc([NH2+]CC)ccc1C2c1ccccc1C(=O)OCC. The van der Waals surface area contributed by atoms with Gasteiger partial charge < -0.3 is 15.4 Å². The molecule has 3 aromatic rings. The second-order valence-electron chi connectivity index (χ2n) is 7.93. The van der Waals surface area contributed by atoms with Crippen molar-refractivity contribution < 1.29 is 14.8 Å². The van der Waals surface area contributed by atoms with E-state index in [1.54, 1.807) is 0 Å². The van der Waals surface area contributed by atoms with Crippen LogP contribution in [0.4, 0.5) is 11.4 Å². The Morgan fingerprint density at radius 2 is 1.71 bits per heavy atom. The fourth-order valence-electron chi connectivity index (χ4n) is 4.63. The molecule has 4 rings (SSSR count). The Morgan fingerprint density at radius 3 is 2.45 bits per heavy atom. The first-order valence-corrected chi connectivity index (χ1v) is 11.2. The van der Waals surface area contributed by atoms with Gasteiger partial charge in [-0.25, -0.2) is 4.79 Å². The van der Waals surface area contributed by atoms with Gasteiger partial charge in [-0.2, -0.15) is 0 Å². The van der Waals surface area contributed by atoms with Crippen LogP contribution < -0.4 is 10.6 Å². The number of quaternary nitrogens is 1. The van der Waals surface area contributed by atoms with Gasteiger partial charge in [0.05, 0.1) is 18.7 Å². The summed E-state index contributed by atoms with van der Waals surface area (Å²) in [4.78, 5) is 12.8. The summed E-state index contributed by atoms with van der Waals surface area (Å²) in [6.07, 6.45) is 0.896. The molecule has 0 amide bonds. The highest BCUT2D eigenvalue weighted by atomic mass is 16.5. The molecule has 0 saturated heterocycles. The lowest BCUT2D eigenvalue weighted by atomic mass is 9.73. The third-order valence-corrected chi connectivity index (χ3v) is 5.90. The fourth-order valence-corrected chi connectivity index (χ4v) is 4.63. The van der Waals surface area contributed by atoms with Gasteiger partial charge in [0.25, 0.3) is 0 Å². The molecular formula is C27H31N2O2+. The molecule has 4 heteroatoms. The normalized spacial score (nSPS) is 14.5. The predicted molar refractivity (Wildman–Crippen MR) is 125 cm³/mol. The van der Waals surface area contributed by atoms with Gasteiger partial charge in [-0.3, -0.25) is 0 Å². The van der Waals surface area contributed by atoms with Crippen LogP contribution in [-0.2, 0) is 11.2 Å². The molecule has 1 aliphatic carbocycles. The zero-order valence-electron chi connectivity index (χ0n) is 18.6. The molecule has 0 heterocycles. The zero-order valence-corrected chi connectivity index (χ0v) is 18.6. The molecule has 0 aromatic heterocycles. The van der Waals surface area contributed by atoms with E-state index in [1.807, 2.05) is 25.1 Å². The van der Waals surface area contributed by atoms with Gasteiger partial charge in [0.1, 0.15) is 5.69 Å². The lowest BCUT2D eigenvalue weighted by molar-refractivity contribution is -0.567. The van der Waals surface area contributed by atoms with Gasteiger partial charge in [-0.05, 0) is 79.3 Å². The van der Waals surface area contributed by atoms with E-state index in [0.717, 1.165) is 30.8 Å². The quantitative estimate of drug-likeness (QED) is 0.343. The van der Waals surface area contributed by atoms with Crippen LogP contribution in [0.25, 0.3) is 0 Å². The average Bonchev–Trinajstić information content (AvgIpc) is 2.78. The third kappa shape index (κ3) is 4.21. The standard InChI is InChI=1S/C27H30N2O2/c1-4-28-20-11-13-22-18(16-20)15-19-17-21(29-5-2)12-14-23(19)26(22)24-9-7-8-10-25(24)27(30)31-6-3/h7-14,16-17,26,28-29H,4-6,15H2,1-3H3/p+1. The van der Waals surface area contributed by atoms with Crippen molar-refractivity contribution in [2.75, 3.05) is 25.0 Å². The molecule has 31 heavy (non-hydrogen) atoms. The summed E-state index contributed by atoms with van der Waals surface area (Å²) >= 11 is 0. The van der Waals surface area contributed by atoms with E-state index in [2.05, 4.69) is 66.9 Å². The lowest BCUT2D eigenvalue weighted by Crippen LogP contribution is -2.77. The number of hydrogen-bond donors (Lipinski definition) is 2. The summed E-state index contributed by atoms with van der Waals surface area (Å²) in [6.45, 7) is 8.39. The highest BCUT2D eigenvalue weighted by molar-refractivity contribution is 5.92. The molecule has 0 aliphatic heterocycles. The largest absolute Gasteiger partial charge is 0.462 e. The second kappa shape index (κ2) is 9.36. The van der Waals surface area contributed by atoms with E-state index in [4.69, 9.17) is 4.74 Å². The number of esters is 1. The van der Waals surface area contributed by atoms with Crippen LogP contribution in [0, 0.1) is 0 Å². The molecule has 1 aliphatic rings. The molecule has 0 spiro atoms. The molecule has 0 radical (unpaired) electrons. The fraction of sp³-hybridized carbons (Fsp3) is 0.296. The van der Waals surface area contributed by atoms with Crippen LogP contribution in [0.3, 0.4) is 0 Å². The highest BCUT2D eigenvalue weighted by Gasteiger charge is 2.30. The van der Waals surface area contributed by atoms with Crippen LogP contribution >= 0.6 is 0 Å². The van der Waals surface area contributed by atoms with Gasteiger partial charge in [0.2, 0.25) is 0 Å². The topological polar surface area (TPSA) is 54.9 Å². The molecule has 3 N–H and O–H groups in total. The Hall–Kier alpha value is -3.11. The van der Waals surface area contributed by atoms with Crippen molar-refractivity contribution in [3.63, 3.8) is 0 Å². The Kier molecular flexibility index (Phi) is 6.38. The molecule has 1 unspecified atom stereocenters. The minimum Gasteiger partial charge on any atom is -0.462 e. The molecule has 0 saturated carbocycles. The third-order valence-electron chi connectivity index (χ3n) is 5.90. The van der Waals surface area contributed by atoms with Crippen molar-refractivity contribution in [3.05, 3.63) is 94.0 Å². The van der Waals surface area contributed by atoms with Crippen LogP contribution in [0.2, 0.25) is 0 Å². The Labute approximate surface area is 184 Å². The molecule has 1 atom stereocenters. The number of ether oxygens (including phenoxy) is 1. The van der Waals surface area contributed by atoms with Crippen molar-refractivity contribution in [3.8, 4) is 0 Å². The van der Waals surface area contributed by atoms with Crippen LogP contribution in [0.15, 0.2) is 60.7 Å². The van der Waals surface area contributed by atoms with E-state index in [0.29, 0.717) is 12.2 Å². The van der Waals surface area contributed by atoms with E-state index < -0.39 is 0 Å². The van der Waals surface area contributed by atoms with Gasteiger partial charge in [0, 0.05) is 24.2 Å². The molecule has 0 bridgehead atoms.